The molecule has 0 fully saturated rings. The first kappa shape index (κ1) is 15.0. The van der Waals surface area contributed by atoms with Crippen molar-refractivity contribution in [3.8, 4) is 0 Å². The molecule has 0 atom stereocenters. The number of H-pyrrole nitrogens is 1. The second kappa shape index (κ2) is 5.95. The molecule has 0 aliphatic carbocycles. The molecule has 7 heteroatoms. The number of aromatic nitrogens is 1. The van der Waals surface area contributed by atoms with Crippen LogP contribution < -0.4 is 62.8 Å². The molecule has 0 radical (unpaired) electrons. The van der Waals surface area contributed by atoms with Crippen LogP contribution in [-0.4, -0.2) is 10.5 Å². The molecule has 1 heterocycles. The van der Waals surface area contributed by atoms with Gasteiger partial charge in [0.1, 0.15) is 5.39 Å². The summed E-state index contributed by atoms with van der Waals surface area (Å²) in [6.45, 7) is 0. The van der Waals surface area contributed by atoms with Crippen LogP contribution in [0.15, 0.2) is 32.2 Å². The van der Waals surface area contributed by atoms with E-state index in [9.17, 15) is 9.59 Å². The van der Waals surface area contributed by atoms with Gasteiger partial charge in [-0.1, -0.05) is 17.7 Å². The fourth-order valence-corrected chi connectivity index (χ4v) is 1.36. The van der Waals surface area contributed by atoms with Crippen molar-refractivity contribution in [2.45, 2.75) is 0 Å². The second-order valence-electron chi connectivity index (χ2n) is 2.46. The molecule has 2 rings (SSSR count). The topological polar surface area (TPSA) is 93.1 Å². The van der Waals surface area contributed by atoms with Crippen molar-refractivity contribution >= 4 is 22.5 Å². The average Bonchev–Trinajstić information content (AvgIpc) is 2.02. The van der Waals surface area contributed by atoms with E-state index in [0.29, 0.717) is 5.52 Å². The van der Waals surface area contributed by atoms with Crippen LogP contribution in [0.5, 0.6) is 0 Å². The Balaban J connectivity index is 0.000000980. The minimum Gasteiger partial charge on any atom is -0.870 e. The van der Waals surface area contributed by atoms with E-state index in [0.717, 1.165) is 0 Å². The zero-order valence-corrected chi connectivity index (χ0v) is 11.7. The van der Waals surface area contributed by atoms with Crippen LogP contribution >= 0.6 is 11.6 Å². The van der Waals surface area contributed by atoms with Gasteiger partial charge in [-0.2, -0.15) is 0 Å². The van der Waals surface area contributed by atoms with E-state index in [1.807, 2.05) is 0 Å². The van der Waals surface area contributed by atoms with Crippen molar-refractivity contribution in [1.29, 1.82) is 0 Å². The predicted octanol–water partition coefficient (Wildman–Crippen LogP) is -2.04. The van der Waals surface area contributed by atoms with Crippen molar-refractivity contribution in [1.82, 2.24) is 4.98 Å². The molecule has 74 valence electrons. The summed E-state index contributed by atoms with van der Waals surface area (Å²) in [7, 11) is 0. The molecule has 0 aliphatic rings. The number of halogens is 1. The summed E-state index contributed by atoms with van der Waals surface area (Å²) in [5, 5.41) is 0.464. The molecule has 1 aromatic heterocycles. The Labute approximate surface area is 131 Å². The molecule has 2 N–H and O–H groups in total. The summed E-state index contributed by atoms with van der Waals surface area (Å²) >= 11 is 5.73. The van der Waals surface area contributed by atoms with Crippen molar-refractivity contribution in [2.75, 3.05) is 0 Å². The van der Waals surface area contributed by atoms with Gasteiger partial charge in [-0.15, -0.1) is 0 Å². The van der Waals surface area contributed by atoms with Crippen LogP contribution in [0.2, 0.25) is 5.02 Å². The Morgan fingerprint density at radius 2 is 1.93 bits per heavy atom. The Hall–Kier alpha value is 0.0464. The summed E-state index contributed by atoms with van der Waals surface area (Å²) in [5.41, 5.74) is -0.335. The van der Waals surface area contributed by atoms with Gasteiger partial charge in [-0.3, -0.25) is 4.98 Å². The standard InChI is InChI=1S/C8H4ClNO3.K.H2O/c9-4-2-1-3-5-6(4)7(11)13-8(12)10-5;;/h1-3H,(H,10,12);;1H2/q;+1;/p-1. The van der Waals surface area contributed by atoms with Gasteiger partial charge in [-0.05, 0) is 12.1 Å². The first-order chi connectivity index (χ1) is 6.18. The van der Waals surface area contributed by atoms with Crippen molar-refractivity contribution in [3.63, 3.8) is 0 Å². The third-order valence-corrected chi connectivity index (χ3v) is 1.95. The Kier molecular flexibility index (Phi) is 5.97. The molecule has 0 saturated carbocycles. The van der Waals surface area contributed by atoms with E-state index in [4.69, 9.17) is 11.6 Å². The Morgan fingerprint density at radius 3 is 2.60 bits per heavy atom. The molecule has 0 amide bonds. The molecule has 15 heavy (non-hydrogen) atoms. The molecule has 5 nitrogen and oxygen atoms in total. The van der Waals surface area contributed by atoms with Gasteiger partial charge in [0.05, 0.1) is 10.5 Å². The van der Waals surface area contributed by atoms with Crippen LogP contribution in [0.1, 0.15) is 0 Å². The van der Waals surface area contributed by atoms with Gasteiger partial charge in [0.15, 0.2) is 0 Å². The van der Waals surface area contributed by atoms with Crippen molar-refractivity contribution in [3.05, 3.63) is 44.2 Å². The molecule has 2 aromatic rings. The quantitative estimate of drug-likeness (QED) is 0.548. The number of rotatable bonds is 0. The summed E-state index contributed by atoms with van der Waals surface area (Å²) in [6.07, 6.45) is 0. The molecule has 1 aromatic carbocycles. The fraction of sp³-hybridized carbons (Fsp3) is 0. The van der Waals surface area contributed by atoms with E-state index in [-0.39, 0.29) is 67.3 Å². The fourth-order valence-electron chi connectivity index (χ4n) is 1.11. The van der Waals surface area contributed by atoms with E-state index in [1.165, 1.54) is 0 Å². The Bertz CT molecular complexity index is 577. The van der Waals surface area contributed by atoms with Gasteiger partial charge in [-0.25, -0.2) is 9.59 Å². The molecule has 0 saturated heterocycles. The molecular formula is C8H5ClKNO4. The van der Waals surface area contributed by atoms with Gasteiger partial charge < -0.3 is 9.89 Å². The zero-order chi connectivity index (χ0) is 9.42. The third-order valence-electron chi connectivity index (χ3n) is 1.64. The van der Waals surface area contributed by atoms with Crippen LogP contribution in [-0.2, 0) is 0 Å². The average molecular weight is 254 g/mol. The smallest absolute Gasteiger partial charge is 0.870 e. The number of hydrogen-bond acceptors (Lipinski definition) is 4. The summed E-state index contributed by atoms with van der Waals surface area (Å²) in [6, 6.07) is 4.78. The van der Waals surface area contributed by atoms with E-state index < -0.39 is 11.4 Å². The second-order valence-corrected chi connectivity index (χ2v) is 2.87. The summed E-state index contributed by atoms with van der Waals surface area (Å²) < 4.78 is 4.32. The van der Waals surface area contributed by atoms with Crippen molar-refractivity contribution in [2.24, 2.45) is 0 Å². The number of aromatic amines is 1. The summed E-state index contributed by atoms with van der Waals surface area (Å²) in [5.74, 6) is -0.778. The molecule has 0 aliphatic heterocycles. The Morgan fingerprint density at radius 1 is 1.27 bits per heavy atom. The van der Waals surface area contributed by atoms with Crippen LogP contribution in [0, 0.1) is 0 Å². The predicted molar refractivity (Wildman–Crippen MR) is 50.1 cm³/mol. The number of nitrogens with one attached hydrogen (secondary N) is 1. The SMILES string of the molecule is O=c1[nH]c2cccc(Cl)c2c(=O)o1.[K+].[OH-]. The molecule has 0 spiro atoms. The maximum absolute atomic E-state index is 11.1. The molecule has 0 unspecified atom stereocenters. The van der Waals surface area contributed by atoms with E-state index >= 15 is 0 Å². The number of hydrogen-bond donors (Lipinski definition) is 1. The third kappa shape index (κ3) is 3.00. The number of benzene rings is 1. The monoisotopic (exact) mass is 253 g/mol. The van der Waals surface area contributed by atoms with Crippen LogP contribution in [0.25, 0.3) is 10.9 Å². The first-order valence-corrected chi connectivity index (χ1v) is 3.88. The van der Waals surface area contributed by atoms with E-state index in [1.54, 1.807) is 18.2 Å². The maximum Gasteiger partial charge on any atom is 1.00 e. The van der Waals surface area contributed by atoms with Gasteiger partial charge in [0.25, 0.3) is 0 Å². The van der Waals surface area contributed by atoms with E-state index in [2.05, 4.69) is 9.40 Å². The van der Waals surface area contributed by atoms with Crippen LogP contribution in [0.4, 0.5) is 0 Å². The first-order valence-electron chi connectivity index (χ1n) is 3.50. The maximum atomic E-state index is 11.1. The van der Waals surface area contributed by atoms with Crippen molar-refractivity contribution < 1.29 is 61.3 Å². The number of fused-ring (bicyclic) bond motifs is 1. The minimum atomic E-state index is -0.778. The summed E-state index contributed by atoms with van der Waals surface area (Å²) in [4.78, 5) is 24.3. The molecular weight excluding hydrogens is 249 g/mol. The zero-order valence-electron chi connectivity index (χ0n) is 7.78. The normalized spacial score (nSPS) is 9.13. The minimum absolute atomic E-state index is 0. The van der Waals surface area contributed by atoms with Gasteiger partial charge in [0.2, 0.25) is 0 Å². The molecule has 0 bridgehead atoms. The van der Waals surface area contributed by atoms with Crippen LogP contribution in [0.3, 0.4) is 0 Å². The largest absolute Gasteiger partial charge is 1.00 e. The van der Waals surface area contributed by atoms with Gasteiger partial charge in [0, 0.05) is 0 Å². The van der Waals surface area contributed by atoms with Gasteiger partial charge >= 0.3 is 62.8 Å².